The van der Waals surface area contributed by atoms with E-state index in [0.717, 1.165) is 44.5 Å². The zero-order chi connectivity index (χ0) is 24.0. The standard InChI is InChI=1S/C28H33FN2O2S.ClH/c1-30(34(32,33)28-13-6-3-7-14-28)22-26(25-11-8-12-27(29)21-25)17-20-31-18-15-24(16-19-31)23-9-4-2-5-10-23;/h2-14,21,24,26H,15-20,22H2,1H3;1H. The average molecular weight is 517 g/mol. The van der Waals surface area contributed by atoms with E-state index in [9.17, 15) is 12.8 Å². The summed E-state index contributed by atoms with van der Waals surface area (Å²) in [6.45, 7) is 3.21. The van der Waals surface area contributed by atoms with Crippen LogP contribution >= 0.6 is 12.4 Å². The van der Waals surface area contributed by atoms with Crippen molar-refractivity contribution in [2.45, 2.75) is 36.0 Å². The first-order valence-electron chi connectivity index (χ1n) is 12.0. The number of piperidine rings is 1. The number of likely N-dealkylation sites (N-methyl/N-ethyl adjacent to an activating group) is 1. The Bertz CT molecular complexity index is 1150. The van der Waals surface area contributed by atoms with Gasteiger partial charge in [0.15, 0.2) is 0 Å². The molecule has 0 radical (unpaired) electrons. The molecule has 4 nitrogen and oxygen atoms in total. The summed E-state index contributed by atoms with van der Waals surface area (Å²) in [5.41, 5.74) is 2.25. The first-order chi connectivity index (χ1) is 16.4. The minimum atomic E-state index is -3.61. The second kappa shape index (κ2) is 12.6. The molecule has 0 spiro atoms. The molecule has 4 rings (SSSR count). The van der Waals surface area contributed by atoms with Gasteiger partial charge in [-0.1, -0.05) is 60.7 Å². The van der Waals surface area contributed by atoms with Crippen LogP contribution in [0, 0.1) is 5.82 Å². The van der Waals surface area contributed by atoms with Crippen molar-refractivity contribution in [2.24, 2.45) is 0 Å². The molecule has 3 aromatic rings. The summed E-state index contributed by atoms with van der Waals surface area (Å²) in [5, 5.41) is 0. The lowest BCUT2D eigenvalue weighted by Gasteiger charge is -2.33. The van der Waals surface area contributed by atoms with Crippen molar-refractivity contribution >= 4 is 22.4 Å². The van der Waals surface area contributed by atoms with Crippen molar-refractivity contribution in [2.75, 3.05) is 33.2 Å². The van der Waals surface area contributed by atoms with Crippen LogP contribution in [0.25, 0.3) is 0 Å². The van der Waals surface area contributed by atoms with Crippen LogP contribution in [0.15, 0.2) is 89.8 Å². The van der Waals surface area contributed by atoms with E-state index in [1.807, 2.05) is 6.07 Å². The third kappa shape index (κ3) is 7.14. The van der Waals surface area contributed by atoms with Crippen LogP contribution in [-0.2, 0) is 10.0 Å². The van der Waals surface area contributed by atoms with E-state index in [4.69, 9.17) is 0 Å². The molecule has 35 heavy (non-hydrogen) atoms. The predicted molar refractivity (Wildman–Crippen MR) is 142 cm³/mol. The number of sulfonamides is 1. The number of likely N-dealkylation sites (tertiary alicyclic amines) is 1. The highest BCUT2D eigenvalue weighted by atomic mass is 35.5. The Kier molecular flexibility index (Phi) is 9.87. The maximum absolute atomic E-state index is 14.0. The Hall–Kier alpha value is -2.25. The molecule has 1 heterocycles. The highest BCUT2D eigenvalue weighted by Gasteiger charge is 2.26. The van der Waals surface area contributed by atoms with E-state index in [0.29, 0.717) is 12.5 Å². The van der Waals surface area contributed by atoms with Gasteiger partial charge >= 0.3 is 0 Å². The largest absolute Gasteiger partial charge is 0.303 e. The topological polar surface area (TPSA) is 40.6 Å². The van der Waals surface area contributed by atoms with E-state index in [2.05, 4.69) is 35.2 Å². The van der Waals surface area contributed by atoms with Gasteiger partial charge in [-0.25, -0.2) is 17.1 Å². The zero-order valence-electron chi connectivity index (χ0n) is 20.1. The third-order valence-corrected chi connectivity index (χ3v) is 8.74. The lowest BCUT2D eigenvalue weighted by atomic mass is 9.89. The molecule has 1 saturated heterocycles. The van der Waals surface area contributed by atoms with Crippen molar-refractivity contribution in [3.63, 3.8) is 0 Å². The summed E-state index contributed by atoms with van der Waals surface area (Å²) >= 11 is 0. The summed E-state index contributed by atoms with van der Waals surface area (Å²) in [6, 6.07) is 25.7. The van der Waals surface area contributed by atoms with Gasteiger partial charge in [-0.2, -0.15) is 0 Å². The van der Waals surface area contributed by atoms with Gasteiger partial charge in [-0.3, -0.25) is 0 Å². The minimum absolute atomic E-state index is 0. The van der Waals surface area contributed by atoms with Crippen molar-refractivity contribution in [3.8, 4) is 0 Å². The smallest absolute Gasteiger partial charge is 0.242 e. The van der Waals surface area contributed by atoms with E-state index in [-0.39, 0.29) is 29.0 Å². The SMILES string of the molecule is CN(CC(CCN1CCC(c2ccccc2)CC1)c1cccc(F)c1)S(=O)(=O)c1ccccc1.Cl. The Morgan fingerprint density at radius 2 is 1.57 bits per heavy atom. The van der Waals surface area contributed by atoms with Gasteiger partial charge in [-0.15, -0.1) is 12.4 Å². The molecule has 0 bridgehead atoms. The molecule has 1 unspecified atom stereocenters. The minimum Gasteiger partial charge on any atom is -0.303 e. The Labute approximate surface area is 215 Å². The second-order valence-corrected chi connectivity index (χ2v) is 11.2. The summed E-state index contributed by atoms with van der Waals surface area (Å²) in [4.78, 5) is 2.73. The fraction of sp³-hybridized carbons (Fsp3) is 0.357. The molecule has 7 heteroatoms. The molecule has 1 atom stereocenters. The summed E-state index contributed by atoms with van der Waals surface area (Å²) in [5.74, 6) is 0.212. The van der Waals surface area contributed by atoms with Gasteiger partial charge in [0.05, 0.1) is 4.90 Å². The van der Waals surface area contributed by atoms with Crippen LogP contribution in [0.1, 0.15) is 42.2 Å². The van der Waals surface area contributed by atoms with Crippen molar-refractivity contribution in [1.29, 1.82) is 0 Å². The van der Waals surface area contributed by atoms with Crippen molar-refractivity contribution in [3.05, 3.63) is 102 Å². The Balaban J connectivity index is 0.00000342. The summed E-state index contributed by atoms with van der Waals surface area (Å²) in [7, 11) is -2.00. The molecular formula is C28H34ClFN2O2S. The molecule has 1 fully saturated rings. The van der Waals surface area contributed by atoms with Gasteiger partial charge in [0.1, 0.15) is 5.82 Å². The first-order valence-corrected chi connectivity index (χ1v) is 13.4. The number of nitrogens with zero attached hydrogens (tertiary/aromatic N) is 2. The van der Waals surface area contributed by atoms with E-state index in [1.165, 1.54) is 22.0 Å². The number of rotatable bonds is 9. The van der Waals surface area contributed by atoms with E-state index in [1.54, 1.807) is 43.4 Å². The average Bonchev–Trinajstić information content (AvgIpc) is 2.87. The van der Waals surface area contributed by atoms with Crippen LogP contribution in [-0.4, -0.2) is 50.8 Å². The molecule has 0 N–H and O–H groups in total. The molecule has 0 amide bonds. The number of halogens is 2. The zero-order valence-corrected chi connectivity index (χ0v) is 21.7. The fourth-order valence-corrected chi connectivity index (χ4v) is 6.10. The van der Waals surface area contributed by atoms with Crippen LogP contribution in [0.3, 0.4) is 0 Å². The van der Waals surface area contributed by atoms with Gasteiger partial charge in [-0.05, 0) is 86.1 Å². The van der Waals surface area contributed by atoms with Gasteiger partial charge in [0, 0.05) is 13.6 Å². The quantitative estimate of drug-likeness (QED) is 0.354. The van der Waals surface area contributed by atoms with Gasteiger partial charge in [0.2, 0.25) is 10.0 Å². The summed E-state index contributed by atoms with van der Waals surface area (Å²) < 4.78 is 41.6. The predicted octanol–water partition coefficient (Wildman–Crippen LogP) is 5.92. The van der Waals surface area contributed by atoms with Crippen LogP contribution in [0.4, 0.5) is 4.39 Å². The number of hydrogen-bond acceptors (Lipinski definition) is 3. The van der Waals surface area contributed by atoms with E-state index >= 15 is 0 Å². The normalized spacial score (nSPS) is 16.1. The van der Waals surface area contributed by atoms with Crippen LogP contribution in [0.2, 0.25) is 0 Å². The molecular weight excluding hydrogens is 483 g/mol. The molecule has 1 aliphatic rings. The van der Waals surface area contributed by atoms with Crippen molar-refractivity contribution < 1.29 is 12.8 Å². The number of hydrogen-bond donors (Lipinski definition) is 0. The maximum Gasteiger partial charge on any atom is 0.242 e. The maximum atomic E-state index is 14.0. The molecule has 0 saturated carbocycles. The van der Waals surface area contributed by atoms with Crippen LogP contribution < -0.4 is 0 Å². The Morgan fingerprint density at radius 3 is 2.20 bits per heavy atom. The number of benzene rings is 3. The third-order valence-electron chi connectivity index (χ3n) is 6.90. The summed E-state index contributed by atoms with van der Waals surface area (Å²) in [6.07, 6.45) is 3.02. The highest BCUT2D eigenvalue weighted by Crippen LogP contribution is 2.29. The second-order valence-electron chi connectivity index (χ2n) is 9.17. The van der Waals surface area contributed by atoms with Crippen LogP contribution in [0.5, 0.6) is 0 Å². The van der Waals surface area contributed by atoms with Gasteiger partial charge < -0.3 is 4.90 Å². The molecule has 188 valence electrons. The monoisotopic (exact) mass is 516 g/mol. The Morgan fingerprint density at radius 1 is 0.943 bits per heavy atom. The van der Waals surface area contributed by atoms with E-state index < -0.39 is 10.0 Å². The highest BCUT2D eigenvalue weighted by molar-refractivity contribution is 7.89. The molecule has 0 aromatic heterocycles. The first kappa shape index (κ1) is 27.3. The lowest BCUT2D eigenvalue weighted by molar-refractivity contribution is 0.203. The lowest BCUT2D eigenvalue weighted by Crippen LogP contribution is -2.36. The molecule has 3 aromatic carbocycles. The molecule has 1 aliphatic heterocycles. The fourth-order valence-electron chi connectivity index (χ4n) is 4.86. The van der Waals surface area contributed by atoms with Crippen molar-refractivity contribution in [1.82, 2.24) is 9.21 Å². The molecule has 0 aliphatic carbocycles. The van der Waals surface area contributed by atoms with Gasteiger partial charge in [0.25, 0.3) is 0 Å².